The van der Waals surface area contributed by atoms with Crippen LogP contribution in [0.5, 0.6) is 0 Å². The minimum absolute atomic E-state index is 0.0923. The summed E-state index contributed by atoms with van der Waals surface area (Å²) >= 11 is 0. The van der Waals surface area contributed by atoms with Gasteiger partial charge in [-0.15, -0.1) is 0 Å². The lowest BCUT2D eigenvalue weighted by molar-refractivity contribution is -0.123. The summed E-state index contributed by atoms with van der Waals surface area (Å²) in [4.78, 5) is 22.6. The van der Waals surface area contributed by atoms with Gasteiger partial charge in [0.1, 0.15) is 0 Å². The molecule has 0 aliphatic heterocycles. The van der Waals surface area contributed by atoms with E-state index in [0.717, 1.165) is 38.5 Å². The fraction of sp³-hybridized carbons (Fsp3) is 0.974. The molecule has 0 heterocycles. The summed E-state index contributed by atoms with van der Waals surface area (Å²) in [5, 5.41) is 13.8. The second kappa shape index (κ2) is 35.3. The fourth-order valence-electron chi connectivity index (χ4n) is 6.14. The minimum Gasteiger partial charge on any atom is -0.391 e. The summed E-state index contributed by atoms with van der Waals surface area (Å²) in [5.74, 6) is -0.159. The van der Waals surface area contributed by atoms with Crippen molar-refractivity contribution in [3.8, 4) is 0 Å². The number of phosphoric ester groups is 1. The highest BCUT2D eigenvalue weighted by molar-refractivity contribution is 7.47. The molecule has 0 aliphatic rings. The third kappa shape index (κ3) is 33.8. The zero-order valence-corrected chi connectivity index (χ0v) is 31.9. The highest BCUT2D eigenvalue weighted by Gasteiger charge is 2.27. The van der Waals surface area contributed by atoms with E-state index in [1.54, 1.807) is 0 Å². The Kier molecular flexibility index (Phi) is 35.0. The number of hydrogen-bond donors (Lipinski definition) is 4. The van der Waals surface area contributed by atoms with Gasteiger partial charge in [0.15, 0.2) is 0 Å². The summed E-state index contributed by atoms with van der Waals surface area (Å²) in [6.45, 7) is 4.22. The first-order valence-corrected chi connectivity index (χ1v) is 21.6. The highest BCUT2D eigenvalue weighted by atomic mass is 31.2. The molecule has 9 heteroatoms. The Bertz CT molecular complexity index is 714. The van der Waals surface area contributed by atoms with E-state index in [4.69, 9.17) is 14.8 Å². The number of nitrogens with two attached hydrogens (primary N) is 1. The molecular formula is C38H79N2O6P. The van der Waals surface area contributed by atoms with E-state index in [-0.39, 0.29) is 25.7 Å². The molecule has 0 saturated heterocycles. The maximum atomic E-state index is 12.7. The van der Waals surface area contributed by atoms with Gasteiger partial charge in [-0.3, -0.25) is 13.8 Å². The van der Waals surface area contributed by atoms with E-state index < -0.39 is 20.0 Å². The monoisotopic (exact) mass is 691 g/mol. The molecule has 3 atom stereocenters. The van der Waals surface area contributed by atoms with Gasteiger partial charge in [-0.2, -0.15) is 0 Å². The van der Waals surface area contributed by atoms with E-state index in [0.29, 0.717) is 12.8 Å². The third-order valence-corrected chi connectivity index (χ3v) is 10.2. The summed E-state index contributed by atoms with van der Waals surface area (Å²) in [5.41, 5.74) is 5.37. The topological polar surface area (TPSA) is 131 Å². The van der Waals surface area contributed by atoms with Gasteiger partial charge in [-0.05, 0) is 12.8 Å². The summed E-state index contributed by atoms with van der Waals surface area (Å²) in [6.07, 6.45) is 35.3. The van der Waals surface area contributed by atoms with Crippen molar-refractivity contribution in [3.05, 3.63) is 0 Å². The number of nitrogens with one attached hydrogen (secondary N) is 1. The van der Waals surface area contributed by atoms with Crippen molar-refractivity contribution < 1.29 is 28.4 Å². The first-order valence-electron chi connectivity index (χ1n) is 20.2. The number of carbonyl (C=O) groups is 1. The van der Waals surface area contributed by atoms with Gasteiger partial charge in [0.05, 0.1) is 25.4 Å². The van der Waals surface area contributed by atoms with E-state index in [1.807, 2.05) is 0 Å². The molecule has 0 aromatic carbocycles. The number of aliphatic hydroxyl groups is 1. The van der Waals surface area contributed by atoms with Crippen LogP contribution in [0.15, 0.2) is 0 Å². The molecule has 0 rings (SSSR count). The summed E-state index contributed by atoms with van der Waals surface area (Å²) in [6, 6.07) is -0.766. The lowest BCUT2D eigenvalue weighted by atomic mass is 10.0. The van der Waals surface area contributed by atoms with Gasteiger partial charge in [0, 0.05) is 13.0 Å². The number of hydrogen-bond acceptors (Lipinski definition) is 6. The predicted octanol–water partition coefficient (Wildman–Crippen LogP) is 10.7. The van der Waals surface area contributed by atoms with Crippen molar-refractivity contribution in [1.29, 1.82) is 0 Å². The normalized spacial score (nSPS) is 14.2. The molecule has 0 aliphatic carbocycles. The van der Waals surface area contributed by atoms with Crippen LogP contribution in [0.4, 0.5) is 0 Å². The molecule has 1 unspecified atom stereocenters. The second-order valence-electron chi connectivity index (χ2n) is 13.9. The Morgan fingerprint density at radius 2 is 0.979 bits per heavy atom. The molecule has 0 bridgehead atoms. The molecule has 8 nitrogen and oxygen atoms in total. The van der Waals surface area contributed by atoms with Gasteiger partial charge in [-0.1, -0.05) is 187 Å². The summed E-state index contributed by atoms with van der Waals surface area (Å²) in [7, 11) is -4.30. The van der Waals surface area contributed by atoms with Crippen molar-refractivity contribution in [2.75, 3.05) is 19.8 Å². The number of unbranched alkanes of at least 4 members (excludes halogenated alkanes) is 26. The van der Waals surface area contributed by atoms with Crippen molar-refractivity contribution in [2.24, 2.45) is 5.73 Å². The zero-order chi connectivity index (χ0) is 34.7. The van der Waals surface area contributed by atoms with Crippen molar-refractivity contribution in [1.82, 2.24) is 5.32 Å². The lowest BCUT2D eigenvalue weighted by Crippen LogP contribution is -2.46. The molecule has 0 radical (unpaired) electrons. The molecule has 0 spiro atoms. The van der Waals surface area contributed by atoms with Crippen LogP contribution in [0.1, 0.15) is 206 Å². The van der Waals surface area contributed by atoms with Crippen LogP contribution in [-0.4, -0.2) is 47.8 Å². The van der Waals surface area contributed by atoms with Crippen LogP contribution < -0.4 is 11.1 Å². The first kappa shape index (κ1) is 46.5. The van der Waals surface area contributed by atoms with E-state index in [2.05, 4.69) is 19.2 Å². The molecule has 0 saturated carbocycles. The molecule has 0 fully saturated rings. The predicted molar refractivity (Wildman–Crippen MR) is 199 cm³/mol. The van der Waals surface area contributed by atoms with E-state index in [9.17, 15) is 19.4 Å². The van der Waals surface area contributed by atoms with Crippen molar-refractivity contribution in [2.45, 2.75) is 219 Å². The van der Waals surface area contributed by atoms with E-state index in [1.165, 1.54) is 141 Å². The molecular weight excluding hydrogens is 611 g/mol. The van der Waals surface area contributed by atoms with Gasteiger partial charge in [-0.25, -0.2) is 4.57 Å². The molecule has 5 N–H and O–H groups in total. The number of phosphoric acid groups is 1. The van der Waals surface area contributed by atoms with Gasteiger partial charge >= 0.3 is 7.82 Å². The maximum Gasteiger partial charge on any atom is 0.472 e. The Balaban J connectivity index is 4.18. The zero-order valence-electron chi connectivity index (χ0n) is 31.0. The Morgan fingerprint density at radius 1 is 0.617 bits per heavy atom. The first-order chi connectivity index (χ1) is 22.9. The van der Waals surface area contributed by atoms with Crippen LogP contribution in [0, 0.1) is 0 Å². The van der Waals surface area contributed by atoms with Gasteiger partial charge < -0.3 is 21.1 Å². The standard InChI is InChI=1S/C38H79N2O6P/c1-3-5-7-9-11-13-15-17-18-20-21-23-25-27-29-31-37(41)36(35-46-47(43,44)45-34-33-39)40-38(42)32-30-28-26-24-22-19-16-14-12-10-8-6-4-2/h36-37,41H,3-35,39H2,1-2H3,(H,40,42)(H,43,44)/t36-,37+/m0/s1. The van der Waals surface area contributed by atoms with E-state index >= 15 is 0 Å². The van der Waals surface area contributed by atoms with Crippen molar-refractivity contribution in [3.63, 3.8) is 0 Å². The molecule has 0 aromatic rings. The average Bonchev–Trinajstić information content (AvgIpc) is 3.05. The quantitative estimate of drug-likeness (QED) is 0.0374. The lowest BCUT2D eigenvalue weighted by Gasteiger charge is -2.25. The molecule has 0 aromatic heterocycles. The van der Waals surface area contributed by atoms with Gasteiger partial charge in [0.2, 0.25) is 5.91 Å². The molecule has 47 heavy (non-hydrogen) atoms. The second-order valence-corrected chi connectivity index (χ2v) is 15.3. The largest absolute Gasteiger partial charge is 0.472 e. The van der Waals surface area contributed by atoms with Crippen LogP contribution in [0.3, 0.4) is 0 Å². The number of aliphatic hydroxyl groups excluding tert-OH is 1. The molecule has 282 valence electrons. The van der Waals surface area contributed by atoms with Crippen LogP contribution >= 0.6 is 7.82 Å². The smallest absolute Gasteiger partial charge is 0.391 e. The minimum atomic E-state index is -4.30. The summed E-state index contributed by atoms with van der Waals surface area (Å²) < 4.78 is 22.1. The SMILES string of the molecule is CCCCCCCCCCCCCCCCC[C@@H](O)[C@H](COP(=O)(O)OCCN)NC(=O)CCCCCCCCCCCCCCC. The number of carbonyl (C=O) groups excluding carboxylic acids is 1. The van der Waals surface area contributed by atoms with Crippen molar-refractivity contribution >= 4 is 13.7 Å². The van der Waals surface area contributed by atoms with Gasteiger partial charge in [0.25, 0.3) is 0 Å². The van der Waals surface area contributed by atoms with Crippen LogP contribution in [0.25, 0.3) is 0 Å². The Labute approximate surface area is 291 Å². The Hall–Kier alpha value is -0.500. The maximum absolute atomic E-state index is 12.7. The molecule has 1 amide bonds. The Morgan fingerprint density at radius 3 is 1.36 bits per heavy atom. The highest BCUT2D eigenvalue weighted by Crippen LogP contribution is 2.43. The third-order valence-electron chi connectivity index (χ3n) is 9.21. The number of rotatable bonds is 38. The number of amides is 1. The van der Waals surface area contributed by atoms with Crippen LogP contribution in [-0.2, 0) is 18.4 Å². The average molecular weight is 691 g/mol. The van der Waals surface area contributed by atoms with Crippen LogP contribution in [0.2, 0.25) is 0 Å². The fourth-order valence-corrected chi connectivity index (χ4v) is 6.90.